The summed E-state index contributed by atoms with van der Waals surface area (Å²) in [6.07, 6.45) is 0. The van der Waals surface area contributed by atoms with Crippen LogP contribution in [0, 0.1) is 0 Å². The maximum Gasteiger partial charge on any atom is 0.310 e. The molecular weight excluding hydrogens is 283 g/mol. The van der Waals surface area contributed by atoms with Crippen LogP contribution in [0.3, 0.4) is 0 Å². The van der Waals surface area contributed by atoms with Crippen molar-refractivity contribution in [1.82, 2.24) is 0 Å². The molecule has 0 bridgehead atoms. The van der Waals surface area contributed by atoms with Crippen LogP contribution in [0.25, 0.3) is 0 Å². The first-order valence-corrected chi connectivity index (χ1v) is 5.48. The molecule has 0 fully saturated rings. The molecule has 15 heavy (non-hydrogen) atoms. The van der Waals surface area contributed by atoms with Crippen LogP contribution in [0.5, 0.6) is 0 Å². The molecule has 1 aromatic carbocycles. The largest absolute Gasteiger partial charge is 0.310 e. The minimum Gasteiger partial charge on any atom is -0.247 e. The molecule has 1 rings (SSSR count). The first-order valence-electron chi connectivity index (χ1n) is 3.91. The fourth-order valence-corrected chi connectivity index (χ4v) is 1.35. The van der Waals surface area contributed by atoms with Crippen LogP contribution < -0.4 is 0 Å². The molecule has 0 aliphatic heterocycles. The van der Waals surface area contributed by atoms with Crippen LogP contribution >= 0.6 is 46.4 Å². The monoisotopic (exact) mass is 287 g/mol. The Morgan fingerprint density at radius 1 is 1.27 bits per heavy atom. The van der Waals surface area contributed by atoms with Gasteiger partial charge in [-0.05, 0) is 5.56 Å². The number of aliphatic imine (C=N–C) groups is 1. The van der Waals surface area contributed by atoms with Gasteiger partial charge in [-0.25, -0.2) is 4.99 Å². The Morgan fingerprint density at radius 3 is 2.27 bits per heavy atom. The normalized spacial score (nSPS) is 15.1. The van der Waals surface area contributed by atoms with Crippen molar-refractivity contribution in [3.8, 4) is 0 Å². The molecule has 0 aliphatic rings. The van der Waals surface area contributed by atoms with Gasteiger partial charge in [0.1, 0.15) is 5.50 Å². The molecule has 0 N–H and O–H groups in total. The second-order valence-corrected chi connectivity index (χ2v) is 4.67. The van der Waals surface area contributed by atoms with Gasteiger partial charge in [0.15, 0.2) is 5.17 Å². The van der Waals surface area contributed by atoms with Gasteiger partial charge in [-0.1, -0.05) is 76.7 Å². The molecule has 0 aliphatic carbocycles. The lowest BCUT2D eigenvalue weighted by Crippen LogP contribution is -2.14. The first-order chi connectivity index (χ1) is 6.91. The van der Waals surface area contributed by atoms with Crippen molar-refractivity contribution < 1.29 is 4.39 Å². The summed E-state index contributed by atoms with van der Waals surface area (Å²) in [6.45, 7) is 0. The molecule has 0 amide bonds. The molecule has 1 aromatic rings. The van der Waals surface area contributed by atoms with Gasteiger partial charge in [0, 0.05) is 0 Å². The first kappa shape index (κ1) is 13.0. The number of rotatable bonds is 3. The van der Waals surface area contributed by atoms with E-state index in [2.05, 4.69) is 4.99 Å². The molecule has 1 atom stereocenters. The van der Waals surface area contributed by atoms with Crippen LogP contribution in [0.2, 0.25) is 0 Å². The smallest absolute Gasteiger partial charge is 0.247 e. The SMILES string of the molecule is FC(Cl)(Cl)C(Cl)=NC(Cl)c1ccccc1. The highest BCUT2D eigenvalue weighted by atomic mass is 35.5. The van der Waals surface area contributed by atoms with E-state index < -0.39 is 15.3 Å². The zero-order valence-electron chi connectivity index (χ0n) is 7.30. The van der Waals surface area contributed by atoms with Gasteiger partial charge in [0.05, 0.1) is 0 Å². The Morgan fingerprint density at radius 2 is 1.80 bits per heavy atom. The summed E-state index contributed by atoms with van der Waals surface area (Å²) in [5, 5.41) is -0.588. The maximum absolute atomic E-state index is 12.9. The second-order valence-electron chi connectivity index (χ2n) is 2.66. The van der Waals surface area contributed by atoms with Gasteiger partial charge in [-0.2, -0.15) is 4.39 Å². The Hall–Kier alpha value is -0.0200. The van der Waals surface area contributed by atoms with Crippen LogP contribution in [-0.4, -0.2) is 9.76 Å². The molecule has 82 valence electrons. The Labute approximate surface area is 107 Å². The second kappa shape index (κ2) is 5.35. The fraction of sp³-hybridized carbons (Fsp3) is 0.222. The Kier molecular flexibility index (Phi) is 4.65. The zero-order chi connectivity index (χ0) is 11.5. The summed E-state index contributed by atoms with van der Waals surface area (Å²) >= 11 is 21.5. The minimum absolute atomic E-state index is 0.588. The van der Waals surface area contributed by atoms with Crippen molar-refractivity contribution in [1.29, 1.82) is 0 Å². The topological polar surface area (TPSA) is 12.4 Å². The molecule has 1 nitrogen and oxygen atoms in total. The van der Waals surface area contributed by atoms with E-state index in [0.717, 1.165) is 0 Å². The van der Waals surface area contributed by atoms with Gasteiger partial charge < -0.3 is 0 Å². The maximum atomic E-state index is 12.9. The number of alkyl halides is 4. The fourth-order valence-electron chi connectivity index (χ4n) is 0.859. The third-order valence-corrected chi connectivity index (χ3v) is 2.79. The lowest BCUT2D eigenvalue weighted by atomic mass is 10.2. The number of hydrogen-bond donors (Lipinski definition) is 0. The van der Waals surface area contributed by atoms with Gasteiger partial charge in [0.25, 0.3) is 0 Å². The van der Waals surface area contributed by atoms with Crippen molar-refractivity contribution in [3.05, 3.63) is 35.9 Å². The number of nitrogens with zero attached hydrogens (tertiary/aromatic N) is 1. The van der Waals surface area contributed by atoms with E-state index in [0.29, 0.717) is 5.56 Å². The zero-order valence-corrected chi connectivity index (χ0v) is 10.3. The Balaban J connectivity index is 2.84. The highest BCUT2D eigenvalue weighted by Gasteiger charge is 2.29. The number of hydrogen-bond acceptors (Lipinski definition) is 1. The van der Waals surface area contributed by atoms with E-state index in [9.17, 15) is 4.39 Å². The quantitative estimate of drug-likeness (QED) is 0.436. The summed E-state index contributed by atoms with van der Waals surface area (Å²) in [5.41, 5.74) is -0.138. The van der Waals surface area contributed by atoms with E-state index >= 15 is 0 Å². The molecule has 0 saturated carbocycles. The summed E-state index contributed by atoms with van der Waals surface area (Å²) in [4.78, 5) is 3.63. The molecular formula is C9H6Cl4FN. The van der Waals surface area contributed by atoms with E-state index in [1.807, 2.05) is 6.07 Å². The third kappa shape index (κ3) is 4.15. The minimum atomic E-state index is -2.70. The average molecular weight is 289 g/mol. The average Bonchev–Trinajstić information content (AvgIpc) is 2.17. The van der Waals surface area contributed by atoms with Crippen molar-refractivity contribution in [2.24, 2.45) is 4.99 Å². The molecule has 0 radical (unpaired) electrons. The Bertz CT molecular complexity index is 347. The van der Waals surface area contributed by atoms with Gasteiger partial charge in [-0.15, -0.1) is 0 Å². The molecule has 0 aromatic heterocycles. The summed E-state index contributed by atoms with van der Waals surface area (Å²) < 4.78 is 10.2. The van der Waals surface area contributed by atoms with Gasteiger partial charge in [-0.3, -0.25) is 0 Å². The number of halogens is 5. The molecule has 0 spiro atoms. The lowest BCUT2D eigenvalue weighted by molar-refractivity contribution is 0.489. The van der Waals surface area contributed by atoms with Gasteiger partial charge >= 0.3 is 4.59 Å². The van der Waals surface area contributed by atoms with Crippen molar-refractivity contribution >= 4 is 51.6 Å². The van der Waals surface area contributed by atoms with Crippen LogP contribution in [0.4, 0.5) is 4.39 Å². The summed E-state index contributed by atoms with van der Waals surface area (Å²) in [5.74, 6) is 0. The van der Waals surface area contributed by atoms with Gasteiger partial charge in [0.2, 0.25) is 0 Å². The molecule has 6 heteroatoms. The summed E-state index contributed by atoms with van der Waals surface area (Å²) in [6, 6.07) is 8.83. The predicted molar refractivity (Wildman–Crippen MR) is 63.9 cm³/mol. The van der Waals surface area contributed by atoms with Crippen LogP contribution in [-0.2, 0) is 0 Å². The number of benzene rings is 1. The highest BCUT2D eigenvalue weighted by Crippen LogP contribution is 2.30. The van der Waals surface area contributed by atoms with Crippen LogP contribution in [0.1, 0.15) is 11.1 Å². The summed E-state index contributed by atoms with van der Waals surface area (Å²) in [7, 11) is 0. The molecule has 0 heterocycles. The molecule has 0 saturated heterocycles. The standard InChI is InChI=1S/C9H6Cl4FN/c10-7(6-4-2-1-3-5-6)15-8(11)9(12,13)14/h1-5,7H. The van der Waals surface area contributed by atoms with E-state index in [-0.39, 0.29) is 0 Å². The van der Waals surface area contributed by atoms with E-state index in [4.69, 9.17) is 46.4 Å². The lowest BCUT2D eigenvalue weighted by Gasteiger charge is -2.09. The predicted octanol–water partition coefficient (Wildman–Crippen LogP) is 4.66. The third-order valence-electron chi connectivity index (χ3n) is 1.54. The van der Waals surface area contributed by atoms with E-state index in [1.165, 1.54) is 0 Å². The van der Waals surface area contributed by atoms with Crippen molar-refractivity contribution in [2.45, 2.75) is 10.1 Å². The van der Waals surface area contributed by atoms with Crippen LogP contribution in [0.15, 0.2) is 35.3 Å². The van der Waals surface area contributed by atoms with E-state index in [1.54, 1.807) is 24.3 Å². The molecule has 1 unspecified atom stereocenters. The van der Waals surface area contributed by atoms with Crippen molar-refractivity contribution in [3.63, 3.8) is 0 Å². The highest BCUT2D eigenvalue weighted by molar-refractivity contribution is 6.79. The van der Waals surface area contributed by atoms with Crippen molar-refractivity contribution in [2.75, 3.05) is 0 Å².